The van der Waals surface area contributed by atoms with Crippen LogP contribution in [0.2, 0.25) is 0 Å². The number of carboxylic acid groups (broad SMARTS) is 1. The maximum atomic E-state index is 11.8. The van der Waals surface area contributed by atoms with E-state index in [9.17, 15) is 9.59 Å². The van der Waals surface area contributed by atoms with E-state index in [1.807, 2.05) is 6.92 Å². The van der Waals surface area contributed by atoms with E-state index in [-0.39, 0.29) is 23.8 Å². The van der Waals surface area contributed by atoms with Gasteiger partial charge in [0.2, 0.25) is 5.91 Å². The Labute approximate surface area is 110 Å². The lowest BCUT2D eigenvalue weighted by Crippen LogP contribution is -2.35. The van der Waals surface area contributed by atoms with Crippen LogP contribution in [0, 0.1) is 11.3 Å². The second-order valence-corrected chi connectivity index (χ2v) is 6.23. The molecule has 1 amide bonds. The molecule has 0 aliphatic rings. The molecule has 0 aliphatic carbocycles. The number of carboxylic acids is 1. The Balaban J connectivity index is 3.90. The van der Waals surface area contributed by atoms with Gasteiger partial charge in [-0.1, -0.05) is 27.7 Å². The van der Waals surface area contributed by atoms with E-state index < -0.39 is 5.97 Å². The third-order valence-corrected chi connectivity index (χ3v) is 3.41. The predicted molar refractivity (Wildman–Crippen MR) is 72.3 cm³/mol. The molecule has 0 fully saturated rings. The first-order valence-corrected chi connectivity index (χ1v) is 6.64. The lowest BCUT2D eigenvalue weighted by molar-refractivity contribution is -0.137. The summed E-state index contributed by atoms with van der Waals surface area (Å²) in [6.45, 7) is 10.4. The highest BCUT2D eigenvalue weighted by Crippen LogP contribution is 2.27. The molecule has 0 aliphatic heterocycles. The molecule has 0 aromatic heterocycles. The summed E-state index contributed by atoms with van der Waals surface area (Å²) >= 11 is 0. The Morgan fingerprint density at radius 3 is 2.22 bits per heavy atom. The molecule has 106 valence electrons. The molecular weight excluding hydrogens is 230 g/mol. The molecule has 0 bridgehead atoms. The van der Waals surface area contributed by atoms with Gasteiger partial charge in [0.25, 0.3) is 0 Å². The van der Waals surface area contributed by atoms with Crippen LogP contribution >= 0.6 is 0 Å². The minimum absolute atomic E-state index is 0.0454. The number of rotatable bonds is 7. The summed E-state index contributed by atoms with van der Waals surface area (Å²) < 4.78 is 0. The fourth-order valence-corrected chi connectivity index (χ4v) is 1.55. The third kappa shape index (κ3) is 8.09. The third-order valence-electron chi connectivity index (χ3n) is 3.41. The first kappa shape index (κ1) is 16.9. The summed E-state index contributed by atoms with van der Waals surface area (Å²) in [4.78, 5) is 22.2. The Kier molecular flexibility index (Phi) is 6.96. The van der Waals surface area contributed by atoms with Gasteiger partial charge in [-0.15, -0.1) is 0 Å². The SMILES string of the molecule is CC(CCCC(=O)O)NC(=O)CC(C)C(C)(C)C. The van der Waals surface area contributed by atoms with Crippen LogP contribution < -0.4 is 5.32 Å². The van der Waals surface area contributed by atoms with Gasteiger partial charge in [-0.25, -0.2) is 0 Å². The molecule has 4 nitrogen and oxygen atoms in total. The summed E-state index contributed by atoms with van der Waals surface area (Å²) in [5.41, 5.74) is 0.129. The number of carbonyl (C=O) groups excluding carboxylic acids is 1. The van der Waals surface area contributed by atoms with Crippen molar-refractivity contribution >= 4 is 11.9 Å². The van der Waals surface area contributed by atoms with Crippen LogP contribution in [0.3, 0.4) is 0 Å². The normalized spacial score (nSPS) is 14.9. The fourth-order valence-electron chi connectivity index (χ4n) is 1.55. The quantitative estimate of drug-likeness (QED) is 0.737. The van der Waals surface area contributed by atoms with E-state index in [4.69, 9.17) is 5.11 Å². The van der Waals surface area contributed by atoms with Crippen molar-refractivity contribution in [1.29, 1.82) is 0 Å². The van der Waals surface area contributed by atoms with Crippen LogP contribution in [0.1, 0.15) is 60.3 Å². The van der Waals surface area contributed by atoms with Gasteiger partial charge in [-0.3, -0.25) is 9.59 Å². The van der Waals surface area contributed by atoms with Gasteiger partial charge in [0.05, 0.1) is 0 Å². The van der Waals surface area contributed by atoms with E-state index in [0.717, 1.165) is 0 Å². The summed E-state index contributed by atoms with van der Waals surface area (Å²) in [5, 5.41) is 11.5. The highest BCUT2D eigenvalue weighted by molar-refractivity contribution is 5.76. The molecule has 2 unspecified atom stereocenters. The van der Waals surface area contributed by atoms with Crippen molar-refractivity contribution in [2.24, 2.45) is 11.3 Å². The standard InChI is InChI=1S/C14H27NO3/c1-10(14(3,4)5)9-12(16)15-11(2)7-6-8-13(17)18/h10-11H,6-9H2,1-5H3,(H,15,16)(H,17,18). The van der Waals surface area contributed by atoms with Gasteiger partial charge in [-0.05, 0) is 31.1 Å². The monoisotopic (exact) mass is 257 g/mol. The zero-order chi connectivity index (χ0) is 14.3. The average molecular weight is 257 g/mol. The summed E-state index contributed by atoms with van der Waals surface area (Å²) in [6, 6.07) is 0.0454. The van der Waals surface area contributed by atoms with E-state index in [0.29, 0.717) is 25.2 Å². The van der Waals surface area contributed by atoms with Crippen LogP contribution in [0.5, 0.6) is 0 Å². The van der Waals surface area contributed by atoms with Crippen molar-refractivity contribution in [3.63, 3.8) is 0 Å². The maximum Gasteiger partial charge on any atom is 0.303 e. The number of carbonyl (C=O) groups is 2. The summed E-state index contributed by atoms with van der Waals surface area (Å²) in [7, 11) is 0. The minimum atomic E-state index is -0.783. The number of hydrogen-bond acceptors (Lipinski definition) is 2. The van der Waals surface area contributed by atoms with Gasteiger partial charge in [0.1, 0.15) is 0 Å². The largest absolute Gasteiger partial charge is 0.481 e. The second kappa shape index (κ2) is 7.39. The molecule has 4 heteroatoms. The fraction of sp³-hybridized carbons (Fsp3) is 0.857. The first-order chi connectivity index (χ1) is 8.12. The average Bonchev–Trinajstić information content (AvgIpc) is 2.14. The number of amides is 1. The van der Waals surface area contributed by atoms with Gasteiger partial charge in [-0.2, -0.15) is 0 Å². The lowest BCUT2D eigenvalue weighted by Gasteiger charge is -2.27. The number of hydrogen-bond donors (Lipinski definition) is 2. The molecule has 0 saturated heterocycles. The molecule has 2 N–H and O–H groups in total. The Morgan fingerprint density at radius 1 is 1.22 bits per heavy atom. The van der Waals surface area contributed by atoms with Crippen molar-refractivity contribution in [2.45, 2.75) is 66.3 Å². The van der Waals surface area contributed by atoms with Crippen LogP contribution in [0.25, 0.3) is 0 Å². The molecule has 0 rings (SSSR count). The van der Waals surface area contributed by atoms with Gasteiger partial charge in [0.15, 0.2) is 0 Å². The molecule has 18 heavy (non-hydrogen) atoms. The highest BCUT2D eigenvalue weighted by atomic mass is 16.4. The van der Waals surface area contributed by atoms with Crippen molar-refractivity contribution in [3.8, 4) is 0 Å². The molecule has 2 atom stereocenters. The van der Waals surface area contributed by atoms with Crippen molar-refractivity contribution in [3.05, 3.63) is 0 Å². The Hall–Kier alpha value is -1.06. The van der Waals surface area contributed by atoms with Crippen LogP contribution in [-0.2, 0) is 9.59 Å². The molecule has 0 radical (unpaired) electrons. The van der Waals surface area contributed by atoms with Crippen LogP contribution in [-0.4, -0.2) is 23.0 Å². The molecule has 0 aromatic rings. The number of aliphatic carboxylic acids is 1. The molecule has 0 aromatic carbocycles. The Morgan fingerprint density at radius 2 is 1.78 bits per heavy atom. The van der Waals surface area contributed by atoms with E-state index in [1.54, 1.807) is 0 Å². The van der Waals surface area contributed by atoms with Crippen LogP contribution in [0.4, 0.5) is 0 Å². The van der Waals surface area contributed by atoms with Gasteiger partial charge >= 0.3 is 5.97 Å². The van der Waals surface area contributed by atoms with Crippen LogP contribution in [0.15, 0.2) is 0 Å². The Bertz CT molecular complexity index is 281. The molecule has 0 spiro atoms. The maximum absolute atomic E-state index is 11.8. The van der Waals surface area contributed by atoms with Crippen molar-refractivity contribution < 1.29 is 14.7 Å². The molecule has 0 heterocycles. The second-order valence-electron chi connectivity index (χ2n) is 6.23. The highest BCUT2D eigenvalue weighted by Gasteiger charge is 2.22. The van der Waals surface area contributed by atoms with Crippen molar-refractivity contribution in [1.82, 2.24) is 5.32 Å². The van der Waals surface area contributed by atoms with E-state index in [2.05, 4.69) is 33.0 Å². The van der Waals surface area contributed by atoms with Gasteiger partial charge < -0.3 is 10.4 Å². The lowest BCUT2D eigenvalue weighted by atomic mass is 9.80. The smallest absolute Gasteiger partial charge is 0.303 e. The van der Waals surface area contributed by atoms with Crippen molar-refractivity contribution in [2.75, 3.05) is 0 Å². The topological polar surface area (TPSA) is 66.4 Å². The van der Waals surface area contributed by atoms with E-state index in [1.165, 1.54) is 0 Å². The first-order valence-electron chi connectivity index (χ1n) is 6.64. The minimum Gasteiger partial charge on any atom is -0.481 e. The molecule has 0 saturated carbocycles. The summed E-state index contributed by atoms with van der Waals surface area (Å²) in [6.07, 6.45) is 2.00. The number of nitrogens with one attached hydrogen (secondary N) is 1. The molecular formula is C14H27NO3. The zero-order valence-corrected chi connectivity index (χ0v) is 12.2. The summed E-state index contributed by atoms with van der Waals surface area (Å²) in [5.74, 6) is -0.404. The van der Waals surface area contributed by atoms with Gasteiger partial charge in [0, 0.05) is 18.9 Å². The zero-order valence-electron chi connectivity index (χ0n) is 12.2. The van der Waals surface area contributed by atoms with E-state index >= 15 is 0 Å². The predicted octanol–water partition coefficient (Wildman–Crippen LogP) is 2.82.